The van der Waals surface area contributed by atoms with Gasteiger partial charge in [0.25, 0.3) is 0 Å². The van der Waals surface area contributed by atoms with E-state index in [1.165, 1.54) is 70.9 Å². The maximum atomic E-state index is 3.47. The average molecular weight is 227 g/mol. The summed E-state index contributed by atoms with van der Waals surface area (Å²) in [4.78, 5) is 0. The molecule has 1 unspecified atom stereocenters. The minimum Gasteiger partial charge on any atom is -0.317 e. The van der Waals surface area contributed by atoms with Crippen molar-refractivity contribution in [2.24, 2.45) is 5.92 Å². The van der Waals surface area contributed by atoms with Gasteiger partial charge in [-0.3, -0.25) is 0 Å². The number of hydrogen-bond donors (Lipinski definition) is 1. The summed E-state index contributed by atoms with van der Waals surface area (Å²) >= 11 is 0. The number of nitrogens with one attached hydrogen (secondary N) is 1. The lowest BCUT2D eigenvalue weighted by atomic mass is 9.94. The molecule has 0 aliphatic heterocycles. The van der Waals surface area contributed by atoms with E-state index < -0.39 is 0 Å². The molecular weight excluding hydrogens is 194 g/mol. The highest BCUT2D eigenvalue weighted by atomic mass is 14.8. The molecule has 0 aromatic heterocycles. The summed E-state index contributed by atoms with van der Waals surface area (Å²) in [5.74, 6) is 1.00. The van der Waals surface area contributed by atoms with Crippen LogP contribution >= 0.6 is 0 Å². The predicted octanol–water partition coefficient (Wildman–Crippen LogP) is 4.76. The van der Waals surface area contributed by atoms with Gasteiger partial charge < -0.3 is 5.32 Å². The van der Waals surface area contributed by atoms with Crippen LogP contribution in [0.5, 0.6) is 0 Å². The fraction of sp³-hybridized carbons (Fsp3) is 1.00. The van der Waals surface area contributed by atoms with Crippen LogP contribution in [-0.4, -0.2) is 13.1 Å². The monoisotopic (exact) mass is 227 g/mol. The van der Waals surface area contributed by atoms with Crippen molar-refractivity contribution < 1.29 is 0 Å². The standard InChI is InChI=1S/C15H33N/c1-4-11-15(6-3)12-9-7-8-10-14-16-13-5-2/h15-16H,4-14H2,1-3H3. The van der Waals surface area contributed by atoms with Crippen LogP contribution in [0, 0.1) is 5.92 Å². The van der Waals surface area contributed by atoms with Crippen LogP contribution in [0.2, 0.25) is 0 Å². The molecule has 0 amide bonds. The molecule has 0 aromatic rings. The first-order valence-corrected chi connectivity index (χ1v) is 7.55. The molecule has 0 aromatic carbocycles. The molecular formula is C15H33N. The lowest BCUT2D eigenvalue weighted by Gasteiger charge is -2.13. The molecule has 1 N–H and O–H groups in total. The van der Waals surface area contributed by atoms with E-state index in [2.05, 4.69) is 26.1 Å². The maximum absolute atomic E-state index is 3.47. The van der Waals surface area contributed by atoms with Gasteiger partial charge in [0.2, 0.25) is 0 Å². The second-order valence-corrected chi connectivity index (χ2v) is 5.02. The summed E-state index contributed by atoms with van der Waals surface area (Å²) in [5, 5.41) is 3.47. The smallest absolute Gasteiger partial charge is 0.00489 e. The van der Waals surface area contributed by atoms with Gasteiger partial charge in [0.15, 0.2) is 0 Å². The third kappa shape index (κ3) is 10.5. The SMILES string of the molecule is CCCNCCCCCCC(CC)CCC. The third-order valence-corrected chi connectivity index (χ3v) is 3.42. The summed E-state index contributed by atoms with van der Waals surface area (Å²) in [6, 6.07) is 0. The molecule has 0 radical (unpaired) electrons. The summed E-state index contributed by atoms with van der Waals surface area (Å²) in [5.41, 5.74) is 0. The van der Waals surface area contributed by atoms with E-state index >= 15 is 0 Å². The van der Waals surface area contributed by atoms with Crippen LogP contribution in [0.1, 0.15) is 78.6 Å². The number of rotatable bonds is 12. The van der Waals surface area contributed by atoms with Gasteiger partial charge in [-0.05, 0) is 31.8 Å². The molecule has 0 aliphatic rings. The van der Waals surface area contributed by atoms with E-state index in [4.69, 9.17) is 0 Å². The van der Waals surface area contributed by atoms with Crippen molar-refractivity contribution in [2.75, 3.05) is 13.1 Å². The summed E-state index contributed by atoms with van der Waals surface area (Å²) in [6.07, 6.45) is 12.6. The summed E-state index contributed by atoms with van der Waals surface area (Å²) < 4.78 is 0. The molecule has 0 bridgehead atoms. The molecule has 0 spiro atoms. The predicted molar refractivity (Wildman–Crippen MR) is 74.9 cm³/mol. The molecule has 0 aliphatic carbocycles. The zero-order chi connectivity index (χ0) is 12.1. The molecule has 1 atom stereocenters. The van der Waals surface area contributed by atoms with E-state index in [-0.39, 0.29) is 0 Å². The Balaban J connectivity index is 3.12. The molecule has 0 heterocycles. The van der Waals surface area contributed by atoms with Crippen molar-refractivity contribution in [2.45, 2.75) is 78.6 Å². The third-order valence-electron chi connectivity index (χ3n) is 3.42. The first kappa shape index (κ1) is 16.0. The van der Waals surface area contributed by atoms with Crippen LogP contribution in [0.25, 0.3) is 0 Å². The molecule has 0 saturated heterocycles. The lowest BCUT2D eigenvalue weighted by molar-refractivity contribution is 0.408. The van der Waals surface area contributed by atoms with Gasteiger partial charge in [0, 0.05) is 0 Å². The van der Waals surface area contributed by atoms with Gasteiger partial charge in [-0.25, -0.2) is 0 Å². The van der Waals surface area contributed by atoms with Gasteiger partial charge >= 0.3 is 0 Å². The lowest BCUT2D eigenvalue weighted by Crippen LogP contribution is -2.15. The minimum atomic E-state index is 1.00. The molecule has 16 heavy (non-hydrogen) atoms. The Morgan fingerprint density at radius 1 is 0.750 bits per heavy atom. The van der Waals surface area contributed by atoms with Gasteiger partial charge in [0.05, 0.1) is 0 Å². The highest BCUT2D eigenvalue weighted by Crippen LogP contribution is 2.18. The maximum Gasteiger partial charge on any atom is -0.00489 e. The van der Waals surface area contributed by atoms with Gasteiger partial charge in [-0.15, -0.1) is 0 Å². The Hall–Kier alpha value is -0.0400. The van der Waals surface area contributed by atoms with Crippen LogP contribution in [0.3, 0.4) is 0 Å². The zero-order valence-corrected chi connectivity index (χ0v) is 11.9. The summed E-state index contributed by atoms with van der Waals surface area (Å²) in [7, 11) is 0. The van der Waals surface area contributed by atoms with Crippen molar-refractivity contribution in [3.05, 3.63) is 0 Å². The second-order valence-electron chi connectivity index (χ2n) is 5.02. The molecule has 98 valence electrons. The highest BCUT2D eigenvalue weighted by Gasteiger charge is 2.03. The van der Waals surface area contributed by atoms with E-state index in [1.54, 1.807) is 0 Å². The van der Waals surface area contributed by atoms with Crippen LogP contribution in [-0.2, 0) is 0 Å². The van der Waals surface area contributed by atoms with Crippen molar-refractivity contribution in [3.8, 4) is 0 Å². The van der Waals surface area contributed by atoms with Crippen molar-refractivity contribution >= 4 is 0 Å². The van der Waals surface area contributed by atoms with Crippen LogP contribution < -0.4 is 5.32 Å². The molecule has 1 nitrogen and oxygen atoms in total. The molecule has 0 saturated carbocycles. The second kappa shape index (κ2) is 13.0. The largest absolute Gasteiger partial charge is 0.317 e. The first-order chi connectivity index (χ1) is 7.85. The van der Waals surface area contributed by atoms with E-state index in [1.807, 2.05) is 0 Å². The van der Waals surface area contributed by atoms with Gasteiger partial charge in [-0.2, -0.15) is 0 Å². The Labute approximate surface area is 103 Å². The van der Waals surface area contributed by atoms with Crippen molar-refractivity contribution in [3.63, 3.8) is 0 Å². The Morgan fingerprint density at radius 3 is 2.12 bits per heavy atom. The molecule has 0 fully saturated rings. The quantitative estimate of drug-likeness (QED) is 0.474. The summed E-state index contributed by atoms with van der Waals surface area (Å²) in [6.45, 7) is 9.29. The topological polar surface area (TPSA) is 12.0 Å². The Bertz CT molecular complexity index is 123. The highest BCUT2D eigenvalue weighted by molar-refractivity contribution is 4.57. The Kier molecular flexibility index (Phi) is 13.0. The van der Waals surface area contributed by atoms with Crippen LogP contribution in [0.4, 0.5) is 0 Å². The van der Waals surface area contributed by atoms with E-state index in [0.29, 0.717) is 0 Å². The molecule has 1 heteroatoms. The van der Waals surface area contributed by atoms with Gasteiger partial charge in [0.1, 0.15) is 0 Å². The van der Waals surface area contributed by atoms with Crippen LogP contribution in [0.15, 0.2) is 0 Å². The van der Waals surface area contributed by atoms with E-state index in [0.717, 1.165) is 5.92 Å². The zero-order valence-electron chi connectivity index (χ0n) is 11.9. The van der Waals surface area contributed by atoms with Crippen molar-refractivity contribution in [1.29, 1.82) is 0 Å². The Morgan fingerprint density at radius 2 is 1.50 bits per heavy atom. The molecule has 0 rings (SSSR count). The average Bonchev–Trinajstić information content (AvgIpc) is 2.31. The first-order valence-electron chi connectivity index (χ1n) is 7.55. The normalized spacial score (nSPS) is 12.9. The fourth-order valence-corrected chi connectivity index (χ4v) is 2.30. The van der Waals surface area contributed by atoms with E-state index in [9.17, 15) is 0 Å². The van der Waals surface area contributed by atoms with Gasteiger partial charge in [-0.1, -0.05) is 65.7 Å². The number of unbranched alkanes of at least 4 members (excludes halogenated alkanes) is 3. The minimum absolute atomic E-state index is 1.00. The van der Waals surface area contributed by atoms with Crippen molar-refractivity contribution in [1.82, 2.24) is 5.32 Å². The number of hydrogen-bond acceptors (Lipinski definition) is 1. The fourth-order valence-electron chi connectivity index (χ4n) is 2.30.